The number of carbonyl (C=O) groups is 2. The molecule has 26 heavy (non-hydrogen) atoms. The van der Waals surface area contributed by atoms with Crippen molar-refractivity contribution in [3.05, 3.63) is 52.5 Å². The van der Waals surface area contributed by atoms with E-state index in [1.54, 1.807) is 42.5 Å². The maximum atomic E-state index is 12.1. The Bertz CT molecular complexity index is 817. The Hall–Kier alpha value is -2.24. The van der Waals surface area contributed by atoms with E-state index in [-0.39, 0.29) is 18.4 Å². The van der Waals surface area contributed by atoms with E-state index in [0.717, 1.165) is 0 Å². The highest BCUT2D eigenvalue weighted by molar-refractivity contribution is 6.43. The Labute approximate surface area is 163 Å². The summed E-state index contributed by atoms with van der Waals surface area (Å²) < 4.78 is 0. The first kappa shape index (κ1) is 20.1. The van der Waals surface area contributed by atoms with Crippen LogP contribution in [0.5, 0.6) is 0 Å². The van der Waals surface area contributed by atoms with Crippen LogP contribution in [0.1, 0.15) is 20.8 Å². The van der Waals surface area contributed by atoms with Crippen LogP contribution in [0, 0.1) is 5.41 Å². The molecule has 2 rings (SSSR count). The van der Waals surface area contributed by atoms with Gasteiger partial charge >= 0.3 is 0 Å². The molecule has 0 radical (unpaired) electrons. The number of hydrogen-bond acceptors (Lipinski definition) is 3. The van der Waals surface area contributed by atoms with Crippen molar-refractivity contribution in [1.82, 2.24) is 0 Å². The van der Waals surface area contributed by atoms with Crippen LogP contribution in [-0.2, 0) is 9.59 Å². The van der Waals surface area contributed by atoms with Crippen molar-refractivity contribution in [3.63, 3.8) is 0 Å². The number of anilines is 3. The maximum absolute atomic E-state index is 12.1. The predicted molar refractivity (Wildman–Crippen MR) is 108 cm³/mol. The fourth-order valence-corrected chi connectivity index (χ4v) is 2.38. The minimum atomic E-state index is -0.501. The predicted octanol–water partition coefficient (Wildman–Crippen LogP) is 5.03. The largest absolute Gasteiger partial charge is 0.375 e. The van der Waals surface area contributed by atoms with Gasteiger partial charge in [-0.05, 0) is 30.3 Å². The van der Waals surface area contributed by atoms with Crippen LogP contribution < -0.4 is 16.0 Å². The number of hydrogen-bond donors (Lipinski definition) is 3. The van der Waals surface area contributed by atoms with E-state index in [2.05, 4.69) is 16.0 Å². The van der Waals surface area contributed by atoms with E-state index >= 15 is 0 Å². The quantitative estimate of drug-likeness (QED) is 0.666. The first-order chi connectivity index (χ1) is 12.2. The molecule has 0 saturated heterocycles. The normalized spacial score (nSPS) is 11.0. The number of halogens is 2. The molecule has 138 valence electrons. The highest BCUT2D eigenvalue weighted by atomic mass is 35.5. The third-order valence-electron chi connectivity index (χ3n) is 3.48. The molecule has 2 aromatic carbocycles. The number of amides is 2. The third kappa shape index (κ3) is 5.64. The average molecular weight is 394 g/mol. The van der Waals surface area contributed by atoms with Crippen LogP contribution in [0.15, 0.2) is 42.5 Å². The van der Waals surface area contributed by atoms with Crippen LogP contribution >= 0.6 is 23.2 Å². The van der Waals surface area contributed by atoms with Crippen molar-refractivity contribution in [3.8, 4) is 0 Å². The van der Waals surface area contributed by atoms with Gasteiger partial charge in [0, 0.05) is 16.8 Å². The van der Waals surface area contributed by atoms with E-state index in [9.17, 15) is 9.59 Å². The molecule has 5 nitrogen and oxygen atoms in total. The number of rotatable bonds is 5. The van der Waals surface area contributed by atoms with Gasteiger partial charge in [-0.15, -0.1) is 0 Å². The second-order valence-electron chi connectivity index (χ2n) is 6.79. The zero-order valence-corrected chi connectivity index (χ0v) is 16.3. The first-order valence-electron chi connectivity index (χ1n) is 8.06. The van der Waals surface area contributed by atoms with Gasteiger partial charge in [-0.2, -0.15) is 0 Å². The van der Waals surface area contributed by atoms with Gasteiger partial charge < -0.3 is 16.0 Å². The molecule has 0 unspecified atom stereocenters. The van der Waals surface area contributed by atoms with Gasteiger partial charge in [0.1, 0.15) is 0 Å². The summed E-state index contributed by atoms with van der Waals surface area (Å²) in [6.45, 7) is 5.53. The summed E-state index contributed by atoms with van der Waals surface area (Å²) in [6, 6.07) is 12.1. The van der Waals surface area contributed by atoms with Crippen LogP contribution in [0.4, 0.5) is 17.1 Å². The van der Waals surface area contributed by atoms with E-state index in [4.69, 9.17) is 23.2 Å². The van der Waals surface area contributed by atoms with Gasteiger partial charge in [-0.3, -0.25) is 9.59 Å². The molecule has 0 bridgehead atoms. The van der Waals surface area contributed by atoms with Gasteiger partial charge in [0.25, 0.3) is 0 Å². The molecule has 0 fully saturated rings. The van der Waals surface area contributed by atoms with Gasteiger partial charge in [-0.25, -0.2) is 0 Å². The lowest BCUT2D eigenvalue weighted by Crippen LogP contribution is -2.27. The average Bonchev–Trinajstić information content (AvgIpc) is 2.55. The highest BCUT2D eigenvalue weighted by Gasteiger charge is 2.21. The fraction of sp³-hybridized carbons (Fsp3) is 0.263. The molecule has 7 heteroatoms. The van der Waals surface area contributed by atoms with Crippen LogP contribution in [0.2, 0.25) is 10.0 Å². The Morgan fingerprint density at radius 1 is 0.962 bits per heavy atom. The minimum absolute atomic E-state index is 0.0264. The molecule has 2 aromatic rings. The molecule has 0 aliphatic carbocycles. The minimum Gasteiger partial charge on any atom is -0.375 e. The number of benzene rings is 2. The SMILES string of the molecule is CC(C)(C)C(=O)Nc1cccc(NC(=O)CNc2cccc(Cl)c2Cl)c1. The molecular formula is C19H21Cl2N3O2. The highest BCUT2D eigenvalue weighted by Crippen LogP contribution is 2.29. The Kier molecular flexibility index (Phi) is 6.51. The molecule has 0 aromatic heterocycles. The zero-order chi connectivity index (χ0) is 19.3. The van der Waals surface area contributed by atoms with Crippen LogP contribution in [0.25, 0.3) is 0 Å². The summed E-state index contributed by atoms with van der Waals surface area (Å²) in [4.78, 5) is 24.2. The van der Waals surface area contributed by atoms with Gasteiger partial charge in [0.05, 0.1) is 22.3 Å². The molecule has 0 aliphatic rings. The van der Waals surface area contributed by atoms with Crippen molar-refractivity contribution in [2.75, 3.05) is 22.5 Å². The number of nitrogens with one attached hydrogen (secondary N) is 3. The molecule has 0 spiro atoms. The topological polar surface area (TPSA) is 70.2 Å². The maximum Gasteiger partial charge on any atom is 0.243 e. The van der Waals surface area contributed by atoms with Crippen LogP contribution in [-0.4, -0.2) is 18.4 Å². The summed E-state index contributed by atoms with van der Waals surface area (Å²) in [5, 5.41) is 9.33. The molecule has 0 heterocycles. The number of carbonyl (C=O) groups excluding carboxylic acids is 2. The smallest absolute Gasteiger partial charge is 0.243 e. The zero-order valence-electron chi connectivity index (χ0n) is 14.8. The van der Waals surface area contributed by atoms with Gasteiger partial charge in [0.2, 0.25) is 11.8 Å². The summed E-state index contributed by atoms with van der Waals surface area (Å²) in [6.07, 6.45) is 0. The standard InChI is InChI=1S/C19H21Cl2N3O2/c1-19(2,3)18(26)24-13-7-4-6-12(10-13)23-16(25)11-22-15-9-5-8-14(20)17(15)21/h4-10,22H,11H2,1-3H3,(H,23,25)(H,24,26). The van der Waals surface area contributed by atoms with Crippen molar-refractivity contribution in [2.24, 2.45) is 5.41 Å². The van der Waals surface area contributed by atoms with Crippen molar-refractivity contribution < 1.29 is 9.59 Å². The van der Waals surface area contributed by atoms with E-state index in [0.29, 0.717) is 27.1 Å². The second kappa shape index (κ2) is 8.43. The van der Waals surface area contributed by atoms with Crippen LogP contribution in [0.3, 0.4) is 0 Å². The van der Waals surface area contributed by atoms with Crippen molar-refractivity contribution in [2.45, 2.75) is 20.8 Å². The van der Waals surface area contributed by atoms with Crippen molar-refractivity contribution in [1.29, 1.82) is 0 Å². The van der Waals surface area contributed by atoms with E-state index < -0.39 is 5.41 Å². The van der Waals surface area contributed by atoms with E-state index in [1.807, 2.05) is 20.8 Å². The summed E-state index contributed by atoms with van der Waals surface area (Å²) in [5.74, 6) is -0.349. The van der Waals surface area contributed by atoms with E-state index in [1.165, 1.54) is 0 Å². The molecule has 0 saturated carbocycles. The fourth-order valence-electron chi connectivity index (χ4n) is 2.01. The van der Waals surface area contributed by atoms with Gasteiger partial charge in [-0.1, -0.05) is 56.1 Å². The summed E-state index contributed by atoms with van der Waals surface area (Å²) >= 11 is 12.0. The third-order valence-corrected chi connectivity index (χ3v) is 4.30. The van der Waals surface area contributed by atoms with Crippen molar-refractivity contribution >= 4 is 52.1 Å². The Morgan fingerprint density at radius 3 is 2.23 bits per heavy atom. The lowest BCUT2D eigenvalue weighted by molar-refractivity contribution is -0.123. The first-order valence-corrected chi connectivity index (χ1v) is 8.81. The second-order valence-corrected chi connectivity index (χ2v) is 7.57. The molecular weight excluding hydrogens is 373 g/mol. The Morgan fingerprint density at radius 2 is 1.58 bits per heavy atom. The molecule has 0 atom stereocenters. The summed E-state index contributed by atoms with van der Waals surface area (Å²) in [7, 11) is 0. The summed E-state index contributed by atoms with van der Waals surface area (Å²) in [5.41, 5.74) is 1.29. The monoisotopic (exact) mass is 393 g/mol. The molecule has 3 N–H and O–H groups in total. The molecule has 0 aliphatic heterocycles. The molecule has 2 amide bonds. The van der Waals surface area contributed by atoms with Gasteiger partial charge in [0.15, 0.2) is 0 Å². The lowest BCUT2D eigenvalue weighted by atomic mass is 9.95. The lowest BCUT2D eigenvalue weighted by Gasteiger charge is -2.18. The Balaban J connectivity index is 1.96.